The molecule has 25 heavy (non-hydrogen) atoms. The van der Waals surface area contributed by atoms with E-state index >= 15 is 0 Å². The summed E-state index contributed by atoms with van der Waals surface area (Å²) >= 11 is 1.34. The molecule has 0 bridgehead atoms. The first-order valence-electron chi connectivity index (χ1n) is 7.73. The van der Waals surface area contributed by atoms with Crippen LogP contribution in [0.2, 0.25) is 0 Å². The number of halogens is 1. The molecule has 1 atom stereocenters. The van der Waals surface area contributed by atoms with Crippen LogP contribution in [-0.4, -0.2) is 30.3 Å². The number of thioether (sulfide) groups is 1. The van der Waals surface area contributed by atoms with Crippen LogP contribution in [0.15, 0.2) is 53.4 Å². The highest BCUT2D eigenvalue weighted by atomic mass is 32.2. The zero-order valence-electron chi connectivity index (χ0n) is 13.2. The topological polar surface area (TPSA) is 64.6 Å². The number of nitrogens with one attached hydrogen (secondary N) is 1. The Morgan fingerprint density at radius 1 is 1.12 bits per heavy atom. The molecular formula is C18H16FNO4S. The summed E-state index contributed by atoms with van der Waals surface area (Å²) in [6.07, 6.45) is -0.0372. The molecule has 1 aliphatic heterocycles. The maximum absolute atomic E-state index is 13.4. The molecule has 1 N–H and O–H groups in total. The lowest BCUT2D eigenvalue weighted by atomic mass is 10.2. The van der Waals surface area contributed by atoms with E-state index in [1.54, 1.807) is 12.1 Å². The van der Waals surface area contributed by atoms with Crippen molar-refractivity contribution in [3.8, 4) is 5.75 Å². The number of fused-ring (bicyclic) bond motifs is 1. The summed E-state index contributed by atoms with van der Waals surface area (Å²) in [5, 5.41) is 2.24. The van der Waals surface area contributed by atoms with Crippen molar-refractivity contribution in [1.29, 1.82) is 0 Å². The normalized spacial score (nSPS) is 15.9. The Bertz CT molecular complexity index is 783. The van der Waals surface area contributed by atoms with Crippen LogP contribution < -0.4 is 10.1 Å². The number of esters is 1. The number of carbonyl (C=O) groups excluding carboxylic acids is 2. The monoisotopic (exact) mass is 361 g/mol. The highest BCUT2D eigenvalue weighted by molar-refractivity contribution is 8.01. The lowest BCUT2D eigenvalue weighted by molar-refractivity contribution is -0.145. The van der Waals surface area contributed by atoms with Crippen LogP contribution in [0.4, 0.5) is 10.1 Å². The van der Waals surface area contributed by atoms with E-state index < -0.39 is 17.0 Å². The molecule has 2 aromatic carbocycles. The Hall–Kier alpha value is -2.54. The number of benzene rings is 2. The van der Waals surface area contributed by atoms with Gasteiger partial charge in [0.05, 0.1) is 17.4 Å². The van der Waals surface area contributed by atoms with Crippen LogP contribution in [-0.2, 0) is 14.3 Å². The van der Waals surface area contributed by atoms with E-state index in [1.807, 2.05) is 24.3 Å². The molecule has 7 heteroatoms. The average molecular weight is 361 g/mol. The second-order valence-corrected chi connectivity index (χ2v) is 6.54. The van der Waals surface area contributed by atoms with Crippen LogP contribution in [0.1, 0.15) is 6.42 Å². The maximum Gasteiger partial charge on any atom is 0.307 e. The first kappa shape index (κ1) is 17.3. The van der Waals surface area contributed by atoms with Crippen molar-refractivity contribution < 1.29 is 23.5 Å². The second kappa shape index (κ2) is 8.02. The summed E-state index contributed by atoms with van der Waals surface area (Å²) in [5.41, 5.74) is 0.750. The molecule has 130 valence electrons. The lowest BCUT2D eigenvalue weighted by Gasteiger charge is -2.23. The minimum absolute atomic E-state index is 0.0112. The molecule has 0 fully saturated rings. The number of amides is 1. The molecule has 0 saturated heterocycles. The molecule has 0 aliphatic carbocycles. The Morgan fingerprint density at radius 3 is 2.72 bits per heavy atom. The third kappa shape index (κ3) is 4.51. The van der Waals surface area contributed by atoms with Gasteiger partial charge in [0.2, 0.25) is 5.91 Å². The Labute approximate surface area is 148 Å². The number of rotatable bonds is 6. The van der Waals surface area contributed by atoms with E-state index in [2.05, 4.69) is 5.32 Å². The fourth-order valence-electron chi connectivity index (χ4n) is 2.31. The van der Waals surface area contributed by atoms with Gasteiger partial charge >= 0.3 is 5.97 Å². The van der Waals surface area contributed by atoms with Gasteiger partial charge in [0.15, 0.2) is 11.6 Å². The highest BCUT2D eigenvalue weighted by Gasteiger charge is 2.29. The van der Waals surface area contributed by atoms with Gasteiger partial charge in [0.25, 0.3) is 0 Å². The molecule has 0 spiro atoms. The standard InChI is InChI=1S/C18H16FNO4S/c19-12-5-1-3-7-14(12)23-9-10-24-17(21)11-16-18(22)20-13-6-2-4-8-15(13)25-16/h1-8,16H,9-11H2,(H,20,22)/t16-/m0/s1. The maximum atomic E-state index is 13.4. The van der Waals surface area contributed by atoms with Gasteiger partial charge in [0.1, 0.15) is 13.2 Å². The minimum atomic E-state index is -0.533. The lowest BCUT2D eigenvalue weighted by Crippen LogP contribution is -2.31. The zero-order valence-corrected chi connectivity index (χ0v) is 14.1. The third-order valence-electron chi connectivity index (χ3n) is 3.50. The number of para-hydroxylation sites is 2. The number of hydrogen-bond acceptors (Lipinski definition) is 5. The van der Waals surface area contributed by atoms with Gasteiger partial charge in [-0.25, -0.2) is 4.39 Å². The summed E-state index contributed by atoms with van der Waals surface area (Å²) < 4.78 is 23.6. The Kier molecular flexibility index (Phi) is 5.55. The smallest absolute Gasteiger partial charge is 0.307 e. The summed E-state index contributed by atoms with van der Waals surface area (Å²) in [4.78, 5) is 24.9. The molecule has 0 saturated carbocycles. The fraction of sp³-hybridized carbons (Fsp3) is 0.222. The van der Waals surface area contributed by atoms with E-state index in [0.717, 1.165) is 10.6 Å². The Morgan fingerprint density at radius 2 is 1.88 bits per heavy atom. The van der Waals surface area contributed by atoms with Crippen molar-refractivity contribution in [2.75, 3.05) is 18.5 Å². The molecule has 1 aliphatic rings. The van der Waals surface area contributed by atoms with Crippen molar-refractivity contribution in [3.63, 3.8) is 0 Å². The molecule has 2 aromatic rings. The molecule has 0 aromatic heterocycles. The van der Waals surface area contributed by atoms with Crippen molar-refractivity contribution >= 4 is 29.3 Å². The van der Waals surface area contributed by atoms with Crippen molar-refractivity contribution in [3.05, 3.63) is 54.3 Å². The number of ether oxygens (including phenoxy) is 2. The van der Waals surface area contributed by atoms with Crippen LogP contribution in [0.3, 0.4) is 0 Å². The first-order chi connectivity index (χ1) is 12.1. The Balaban J connectivity index is 1.44. The minimum Gasteiger partial charge on any atom is -0.487 e. The van der Waals surface area contributed by atoms with Crippen molar-refractivity contribution in [2.45, 2.75) is 16.6 Å². The van der Waals surface area contributed by atoms with E-state index in [0.29, 0.717) is 0 Å². The van der Waals surface area contributed by atoms with Crippen LogP contribution >= 0.6 is 11.8 Å². The largest absolute Gasteiger partial charge is 0.487 e. The molecule has 0 unspecified atom stereocenters. The third-order valence-corrected chi connectivity index (χ3v) is 4.77. The second-order valence-electron chi connectivity index (χ2n) is 5.30. The number of hydrogen-bond donors (Lipinski definition) is 1. The van der Waals surface area contributed by atoms with Gasteiger partial charge in [-0.3, -0.25) is 9.59 Å². The van der Waals surface area contributed by atoms with E-state index in [9.17, 15) is 14.0 Å². The number of carbonyl (C=O) groups is 2. The predicted molar refractivity (Wildman–Crippen MR) is 92.2 cm³/mol. The molecule has 0 radical (unpaired) electrons. The number of anilines is 1. The molecule has 1 heterocycles. The highest BCUT2D eigenvalue weighted by Crippen LogP contribution is 2.36. The van der Waals surface area contributed by atoms with Gasteiger partial charge in [0, 0.05) is 4.90 Å². The van der Waals surface area contributed by atoms with Gasteiger partial charge in [-0.1, -0.05) is 24.3 Å². The quantitative estimate of drug-likeness (QED) is 0.632. The van der Waals surface area contributed by atoms with Gasteiger partial charge in [-0.05, 0) is 24.3 Å². The molecular weight excluding hydrogens is 345 g/mol. The predicted octanol–water partition coefficient (Wildman–Crippen LogP) is 3.25. The van der Waals surface area contributed by atoms with Crippen LogP contribution in [0.25, 0.3) is 0 Å². The molecule has 5 nitrogen and oxygen atoms in total. The van der Waals surface area contributed by atoms with Gasteiger partial charge in [-0.2, -0.15) is 0 Å². The van der Waals surface area contributed by atoms with Gasteiger partial charge < -0.3 is 14.8 Å². The van der Waals surface area contributed by atoms with E-state index in [-0.39, 0.29) is 31.3 Å². The van der Waals surface area contributed by atoms with E-state index in [4.69, 9.17) is 9.47 Å². The average Bonchev–Trinajstić information content (AvgIpc) is 2.61. The van der Waals surface area contributed by atoms with Crippen molar-refractivity contribution in [2.24, 2.45) is 0 Å². The summed E-state index contributed by atoms with van der Waals surface area (Å²) in [5.74, 6) is -1.08. The van der Waals surface area contributed by atoms with Gasteiger partial charge in [-0.15, -0.1) is 11.8 Å². The van der Waals surface area contributed by atoms with Crippen LogP contribution in [0.5, 0.6) is 5.75 Å². The fourth-order valence-corrected chi connectivity index (χ4v) is 3.40. The summed E-state index contributed by atoms with van der Waals surface area (Å²) in [6, 6.07) is 13.4. The van der Waals surface area contributed by atoms with E-state index in [1.165, 1.54) is 23.9 Å². The first-order valence-corrected chi connectivity index (χ1v) is 8.61. The SMILES string of the molecule is O=C(C[C@@H]1Sc2ccccc2NC1=O)OCCOc1ccccc1F. The zero-order chi connectivity index (χ0) is 17.6. The molecule has 3 rings (SSSR count). The summed E-state index contributed by atoms with van der Waals surface area (Å²) in [7, 11) is 0. The summed E-state index contributed by atoms with van der Waals surface area (Å²) in [6.45, 7) is 0.0300. The molecule has 1 amide bonds. The van der Waals surface area contributed by atoms with Crippen LogP contribution in [0, 0.1) is 5.82 Å². The van der Waals surface area contributed by atoms with Crippen molar-refractivity contribution in [1.82, 2.24) is 0 Å².